The third kappa shape index (κ3) is 3.20. The second-order valence-electron chi connectivity index (χ2n) is 4.10. The molecule has 2 rings (SSSR count). The van der Waals surface area contributed by atoms with E-state index in [0.29, 0.717) is 22.8 Å². The van der Waals surface area contributed by atoms with Crippen LogP contribution < -0.4 is 5.32 Å². The Morgan fingerprint density at radius 3 is 2.56 bits per heavy atom. The van der Waals surface area contributed by atoms with Crippen molar-refractivity contribution in [2.45, 2.75) is 13.5 Å². The first-order valence-corrected chi connectivity index (χ1v) is 5.87. The van der Waals surface area contributed by atoms with E-state index in [9.17, 15) is 8.78 Å². The summed E-state index contributed by atoms with van der Waals surface area (Å²) in [6, 6.07) is 9.20. The second kappa shape index (κ2) is 5.36. The summed E-state index contributed by atoms with van der Waals surface area (Å²) in [6.07, 6.45) is 0. The average Bonchev–Trinajstić information content (AvgIpc) is 2.29. The van der Waals surface area contributed by atoms with E-state index in [-0.39, 0.29) is 5.82 Å². The molecule has 0 bridgehead atoms. The van der Waals surface area contributed by atoms with Gasteiger partial charge in [-0.25, -0.2) is 8.78 Å². The fraction of sp³-hybridized carbons (Fsp3) is 0.143. The highest BCUT2D eigenvalue weighted by Crippen LogP contribution is 2.19. The van der Waals surface area contributed by atoms with Crippen LogP contribution in [0, 0.1) is 18.6 Å². The van der Waals surface area contributed by atoms with E-state index >= 15 is 0 Å². The van der Waals surface area contributed by atoms with Gasteiger partial charge < -0.3 is 5.32 Å². The van der Waals surface area contributed by atoms with E-state index in [1.54, 1.807) is 19.1 Å². The Morgan fingerprint density at radius 1 is 1.11 bits per heavy atom. The van der Waals surface area contributed by atoms with Crippen LogP contribution in [0.1, 0.15) is 11.1 Å². The number of hydrogen-bond acceptors (Lipinski definition) is 1. The average molecular weight is 268 g/mol. The van der Waals surface area contributed by atoms with Crippen LogP contribution in [0.2, 0.25) is 5.02 Å². The van der Waals surface area contributed by atoms with Gasteiger partial charge in [-0.3, -0.25) is 0 Å². The number of benzene rings is 2. The topological polar surface area (TPSA) is 12.0 Å². The van der Waals surface area contributed by atoms with Crippen molar-refractivity contribution in [1.29, 1.82) is 0 Å². The maximum Gasteiger partial charge on any atom is 0.126 e. The predicted octanol–water partition coefficient (Wildman–Crippen LogP) is 4.54. The number of hydrogen-bond donors (Lipinski definition) is 1. The van der Waals surface area contributed by atoms with Gasteiger partial charge in [0.15, 0.2) is 0 Å². The van der Waals surface area contributed by atoms with Crippen LogP contribution in [0.4, 0.5) is 14.5 Å². The first-order chi connectivity index (χ1) is 8.54. The summed E-state index contributed by atoms with van der Waals surface area (Å²) in [6.45, 7) is 2.12. The van der Waals surface area contributed by atoms with Crippen molar-refractivity contribution < 1.29 is 8.78 Å². The Labute approximate surface area is 109 Å². The van der Waals surface area contributed by atoms with Crippen molar-refractivity contribution in [3.8, 4) is 0 Å². The van der Waals surface area contributed by atoms with Crippen LogP contribution in [0.3, 0.4) is 0 Å². The first kappa shape index (κ1) is 12.8. The lowest BCUT2D eigenvalue weighted by molar-refractivity contribution is 0.616. The van der Waals surface area contributed by atoms with Crippen LogP contribution in [0.5, 0.6) is 0 Å². The van der Waals surface area contributed by atoms with E-state index in [1.807, 2.05) is 6.07 Å². The molecule has 0 spiro atoms. The zero-order chi connectivity index (χ0) is 13.1. The summed E-state index contributed by atoms with van der Waals surface area (Å²) >= 11 is 5.74. The van der Waals surface area contributed by atoms with Crippen LogP contribution in [0.25, 0.3) is 0 Å². The molecule has 0 saturated heterocycles. The minimum absolute atomic E-state index is 0.244. The molecule has 4 heteroatoms. The van der Waals surface area contributed by atoms with Gasteiger partial charge in [0.25, 0.3) is 0 Å². The van der Waals surface area contributed by atoms with Gasteiger partial charge in [-0.05, 0) is 42.3 Å². The molecule has 0 radical (unpaired) electrons. The maximum atomic E-state index is 13.3. The molecule has 1 nitrogen and oxygen atoms in total. The molecule has 2 aromatic rings. The van der Waals surface area contributed by atoms with Gasteiger partial charge in [0, 0.05) is 17.3 Å². The van der Waals surface area contributed by atoms with Gasteiger partial charge in [-0.1, -0.05) is 23.7 Å². The number of anilines is 1. The highest BCUT2D eigenvalue weighted by atomic mass is 35.5. The van der Waals surface area contributed by atoms with Gasteiger partial charge in [-0.2, -0.15) is 0 Å². The van der Waals surface area contributed by atoms with Crippen molar-refractivity contribution >= 4 is 17.3 Å². The largest absolute Gasteiger partial charge is 0.381 e. The fourth-order valence-electron chi connectivity index (χ4n) is 1.61. The fourth-order valence-corrected chi connectivity index (χ4v) is 1.83. The summed E-state index contributed by atoms with van der Waals surface area (Å²) in [5, 5.41) is 3.32. The van der Waals surface area contributed by atoms with Crippen LogP contribution in [-0.2, 0) is 6.54 Å². The molecule has 0 aliphatic rings. The lowest BCUT2D eigenvalue weighted by Crippen LogP contribution is -2.00. The number of aryl methyl sites for hydroxylation is 1. The highest BCUT2D eigenvalue weighted by molar-refractivity contribution is 6.30. The van der Waals surface area contributed by atoms with Crippen molar-refractivity contribution in [1.82, 2.24) is 0 Å². The molecular formula is C14H12ClF2N. The number of halogens is 3. The lowest BCUT2D eigenvalue weighted by Gasteiger charge is -2.08. The SMILES string of the molecule is Cc1ccc(CNc2cc(F)cc(Cl)c2)cc1F. The minimum atomic E-state index is -0.403. The van der Waals surface area contributed by atoms with Crippen molar-refractivity contribution in [2.75, 3.05) is 5.32 Å². The quantitative estimate of drug-likeness (QED) is 0.861. The third-order valence-corrected chi connectivity index (χ3v) is 2.81. The van der Waals surface area contributed by atoms with E-state index in [0.717, 1.165) is 5.56 Å². The molecule has 0 atom stereocenters. The zero-order valence-electron chi connectivity index (χ0n) is 9.81. The zero-order valence-corrected chi connectivity index (χ0v) is 10.6. The van der Waals surface area contributed by atoms with Crippen LogP contribution in [0.15, 0.2) is 36.4 Å². The van der Waals surface area contributed by atoms with Crippen LogP contribution >= 0.6 is 11.6 Å². The maximum absolute atomic E-state index is 13.3. The van der Waals surface area contributed by atoms with E-state index < -0.39 is 5.82 Å². The smallest absolute Gasteiger partial charge is 0.126 e. The molecule has 0 saturated carbocycles. The molecule has 2 aromatic carbocycles. The van der Waals surface area contributed by atoms with Crippen molar-refractivity contribution in [3.05, 3.63) is 64.2 Å². The summed E-state index contributed by atoms with van der Waals surface area (Å²) in [5.41, 5.74) is 1.96. The molecule has 0 fully saturated rings. The molecule has 0 heterocycles. The standard InChI is InChI=1S/C14H12ClF2N/c1-9-2-3-10(4-14(9)17)8-18-13-6-11(15)5-12(16)7-13/h2-7,18H,8H2,1H3. The van der Waals surface area contributed by atoms with Crippen molar-refractivity contribution in [3.63, 3.8) is 0 Å². The normalized spacial score (nSPS) is 10.4. The van der Waals surface area contributed by atoms with Gasteiger partial charge >= 0.3 is 0 Å². The third-order valence-electron chi connectivity index (χ3n) is 2.60. The Hall–Kier alpha value is -1.61. The van der Waals surface area contributed by atoms with Gasteiger partial charge in [0.1, 0.15) is 11.6 Å². The number of rotatable bonds is 3. The highest BCUT2D eigenvalue weighted by Gasteiger charge is 2.01. The second-order valence-corrected chi connectivity index (χ2v) is 4.53. The minimum Gasteiger partial charge on any atom is -0.381 e. The predicted molar refractivity (Wildman–Crippen MR) is 69.9 cm³/mol. The van der Waals surface area contributed by atoms with E-state index in [1.165, 1.54) is 18.2 Å². The Balaban J connectivity index is 2.08. The molecule has 1 N–H and O–H groups in total. The first-order valence-electron chi connectivity index (χ1n) is 5.49. The van der Waals surface area contributed by atoms with E-state index in [4.69, 9.17) is 11.6 Å². The monoisotopic (exact) mass is 267 g/mol. The Morgan fingerprint density at radius 2 is 1.89 bits per heavy atom. The van der Waals surface area contributed by atoms with Crippen molar-refractivity contribution in [2.24, 2.45) is 0 Å². The molecular weight excluding hydrogens is 256 g/mol. The summed E-state index contributed by atoms with van der Waals surface area (Å²) in [4.78, 5) is 0. The summed E-state index contributed by atoms with van der Waals surface area (Å²) in [7, 11) is 0. The molecule has 0 aromatic heterocycles. The molecule has 0 unspecified atom stereocenters. The van der Waals surface area contributed by atoms with Gasteiger partial charge in [0.05, 0.1) is 0 Å². The Bertz CT molecular complexity index is 549. The molecule has 0 aliphatic heterocycles. The Kier molecular flexibility index (Phi) is 3.82. The molecule has 94 valence electrons. The summed E-state index contributed by atoms with van der Waals surface area (Å²) in [5.74, 6) is -0.647. The molecule has 0 aliphatic carbocycles. The van der Waals surface area contributed by atoms with Crippen LogP contribution in [-0.4, -0.2) is 0 Å². The number of nitrogens with one attached hydrogen (secondary N) is 1. The van der Waals surface area contributed by atoms with E-state index in [2.05, 4.69) is 5.32 Å². The molecule has 0 amide bonds. The lowest BCUT2D eigenvalue weighted by atomic mass is 10.1. The van der Waals surface area contributed by atoms with Gasteiger partial charge in [-0.15, -0.1) is 0 Å². The molecule has 18 heavy (non-hydrogen) atoms. The van der Waals surface area contributed by atoms with Gasteiger partial charge in [0.2, 0.25) is 0 Å². The summed E-state index contributed by atoms with van der Waals surface area (Å²) < 4.78 is 26.4.